The van der Waals surface area contributed by atoms with E-state index in [0.717, 1.165) is 31.2 Å². The lowest BCUT2D eigenvalue weighted by Gasteiger charge is -2.30. The summed E-state index contributed by atoms with van der Waals surface area (Å²) in [5.41, 5.74) is 0.899. The van der Waals surface area contributed by atoms with E-state index in [9.17, 15) is 17.4 Å². The molecule has 0 bridgehead atoms. The maximum Gasteiger partial charge on any atom is 0.422 e. The lowest BCUT2D eigenvalue weighted by Crippen LogP contribution is -2.46. The third-order valence-corrected chi connectivity index (χ3v) is 6.37. The Balaban J connectivity index is 1.81. The first-order valence-corrected chi connectivity index (χ1v) is 10.8. The van der Waals surface area contributed by atoms with Crippen LogP contribution < -0.4 is 15.4 Å². The molecule has 9 heteroatoms. The molecule has 1 aromatic rings. The Hall–Kier alpha value is -1.77. The van der Waals surface area contributed by atoms with Crippen LogP contribution in [0.2, 0.25) is 0 Å². The van der Waals surface area contributed by atoms with Crippen LogP contribution in [0.25, 0.3) is 0 Å². The summed E-state index contributed by atoms with van der Waals surface area (Å²) < 4.78 is 53.3. The maximum atomic E-state index is 12.2. The second kappa shape index (κ2) is 10.7. The lowest BCUT2D eigenvalue weighted by molar-refractivity contribution is -0.153. The Morgan fingerprint density at radius 1 is 1.29 bits per heavy atom. The van der Waals surface area contributed by atoms with E-state index >= 15 is 0 Å². The molecule has 2 N–H and O–H groups in total. The first kappa shape index (κ1) is 22.5. The average molecular weight is 420 g/mol. The number of halogens is 3. The molecule has 3 unspecified atom stereocenters. The third kappa shape index (κ3) is 7.69. The molecule has 0 radical (unpaired) electrons. The van der Waals surface area contributed by atoms with Crippen LogP contribution >= 0.6 is 0 Å². The fourth-order valence-electron chi connectivity index (χ4n) is 3.19. The molecule has 158 valence electrons. The smallest absolute Gasteiger partial charge is 0.422 e. The highest BCUT2D eigenvalue weighted by Gasteiger charge is 2.28. The van der Waals surface area contributed by atoms with Crippen molar-refractivity contribution in [1.29, 1.82) is 0 Å². The van der Waals surface area contributed by atoms with Crippen LogP contribution in [-0.2, 0) is 17.3 Å². The van der Waals surface area contributed by atoms with E-state index in [2.05, 4.69) is 15.6 Å². The van der Waals surface area contributed by atoms with Crippen LogP contribution in [0.15, 0.2) is 29.3 Å². The molecule has 1 aliphatic rings. The van der Waals surface area contributed by atoms with Crippen molar-refractivity contribution in [2.24, 2.45) is 4.99 Å². The van der Waals surface area contributed by atoms with E-state index in [4.69, 9.17) is 4.74 Å². The fraction of sp³-hybridized carbons (Fsp3) is 0.632. The zero-order valence-electron chi connectivity index (χ0n) is 16.2. The molecule has 1 aromatic carbocycles. The van der Waals surface area contributed by atoms with Gasteiger partial charge in [-0.05, 0) is 37.0 Å². The van der Waals surface area contributed by atoms with Gasteiger partial charge in [0.1, 0.15) is 5.75 Å². The number of nitrogens with one attached hydrogen (secondary N) is 2. The average Bonchev–Trinajstić information content (AvgIpc) is 2.69. The van der Waals surface area contributed by atoms with Crippen molar-refractivity contribution >= 4 is 16.8 Å². The molecule has 0 aliphatic heterocycles. The van der Waals surface area contributed by atoms with Crippen LogP contribution in [0, 0.1) is 0 Å². The quantitative estimate of drug-likeness (QED) is 0.526. The highest BCUT2D eigenvalue weighted by atomic mass is 32.2. The van der Waals surface area contributed by atoms with Crippen molar-refractivity contribution in [1.82, 2.24) is 10.6 Å². The summed E-state index contributed by atoms with van der Waals surface area (Å²) in [6.07, 6.45) is -0.409. The Morgan fingerprint density at radius 3 is 2.61 bits per heavy atom. The van der Waals surface area contributed by atoms with Crippen LogP contribution in [0.3, 0.4) is 0 Å². The van der Waals surface area contributed by atoms with Gasteiger partial charge in [0.25, 0.3) is 0 Å². The fourth-order valence-corrected chi connectivity index (χ4v) is 4.54. The van der Waals surface area contributed by atoms with Crippen molar-refractivity contribution in [2.45, 2.75) is 56.6 Å². The van der Waals surface area contributed by atoms with Crippen molar-refractivity contribution in [2.75, 3.05) is 19.4 Å². The summed E-state index contributed by atoms with van der Waals surface area (Å²) in [5, 5.41) is 6.83. The maximum absolute atomic E-state index is 12.2. The normalized spacial score (nSPS) is 21.8. The first-order valence-electron chi connectivity index (χ1n) is 9.43. The number of nitrogens with zero attached hydrogens (tertiary/aromatic N) is 1. The topological polar surface area (TPSA) is 62.7 Å². The monoisotopic (exact) mass is 419 g/mol. The molecule has 0 spiro atoms. The molecule has 2 rings (SSSR count). The molecule has 0 heterocycles. The van der Waals surface area contributed by atoms with E-state index in [-0.39, 0.29) is 17.0 Å². The molecule has 0 aromatic heterocycles. The van der Waals surface area contributed by atoms with E-state index in [1.807, 2.05) is 6.92 Å². The minimum Gasteiger partial charge on any atom is -0.484 e. The molecular formula is C19H28F3N3O2S. The molecule has 1 aliphatic carbocycles. The van der Waals surface area contributed by atoms with Gasteiger partial charge in [-0.3, -0.25) is 9.20 Å². The van der Waals surface area contributed by atoms with E-state index in [0.29, 0.717) is 18.3 Å². The lowest BCUT2D eigenvalue weighted by atomic mass is 9.95. The van der Waals surface area contributed by atoms with Gasteiger partial charge in [0.05, 0.1) is 0 Å². The number of hydrogen-bond acceptors (Lipinski definition) is 3. The van der Waals surface area contributed by atoms with Crippen LogP contribution in [0.1, 0.15) is 38.2 Å². The van der Waals surface area contributed by atoms with Crippen molar-refractivity contribution in [3.63, 3.8) is 0 Å². The summed E-state index contributed by atoms with van der Waals surface area (Å²) in [6.45, 7) is 1.13. The van der Waals surface area contributed by atoms with Gasteiger partial charge in [0.15, 0.2) is 12.6 Å². The Bertz CT molecular complexity index is 665. The van der Waals surface area contributed by atoms with Gasteiger partial charge in [0.2, 0.25) is 0 Å². The Morgan fingerprint density at radius 2 is 2.00 bits per heavy atom. The molecule has 1 saturated carbocycles. The number of aliphatic imine (C=N–C) groups is 1. The summed E-state index contributed by atoms with van der Waals surface area (Å²) in [6, 6.07) is 6.70. The highest BCUT2D eigenvalue weighted by Crippen LogP contribution is 2.23. The van der Waals surface area contributed by atoms with E-state index in [1.54, 1.807) is 19.2 Å². The molecule has 28 heavy (non-hydrogen) atoms. The number of ether oxygens (including phenoxy) is 1. The van der Waals surface area contributed by atoms with Crippen molar-refractivity contribution in [3.05, 3.63) is 29.8 Å². The SMILES string of the molecule is CCS(=O)C1CCCC(NC(=NC)NCc2ccc(OCC(F)(F)F)cc2)C1. The highest BCUT2D eigenvalue weighted by molar-refractivity contribution is 7.85. The van der Waals surface area contributed by atoms with Gasteiger partial charge in [-0.25, -0.2) is 0 Å². The van der Waals surface area contributed by atoms with Gasteiger partial charge in [-0.1, -0.05) is 25.5 Å². The molecular weight excluding hydrogens is 391 g/mol. The minimum atomic E-state index is -4.35. The summed E-state index contributed by atoms with van der Waals surface area (Å²) >= 11 is 0. The van der Waals surface area contributed by atoms with Crippen LogP contribution in [-0.4, -0.2) is 47.0 Å². The minimum absolute atomic E-state index is 0.181. The second-order valence-electron chi connectivity index (χ2n) is 6.77. The number of hydrogen-bond donors (Lipinski definition) is 2. The van der Waals surface area contributed by atoms with Crippen LogP contribution in [0.5, 0.6) is 5.75 Å². The molecule has 1 fully saturated rings. The molecule has 0 saturated heterocycles. The summed E-state index contributed by atoms with van der Waals surface area (Å²) in [4.78, 5) is 4.23. The summed E-state index contributed by atoms with van der Waals surface area (Å²) in [5.74, 6) is 1.53. The first-order chi connectivity index (χ1) is 13.3. The summed E-state index contributed by atoms with van der Waals surface area (Å²) in [7, 11) is 0.912. The zero-order chi connectivity index (χ0) is 20.6. The van der Waals surface area contributed by atoms with Crippen molar-refractivity contribution < 1.29 is 22.1 Å². The largest absolute Gasteiger partial charge is 0.484 e. The van der Waals surface area contributed by atoms with Gasteiger partial charge in [0, 0.05) is 41.4 Å². The second-order valence-corrected chi connectivity index (χ2v) is 8.78. The Labute approximate surface area is 166 Å². The van der Waals surface area contributed by atoms with Crippen molar-refractivity contribution in [3.8, 4) is 5.75 Å². The predicted molar refractivity (Wildman–Crippen MR) is 106 cm³/mol. The van der Waals surface area contributed by atoms with Gasteiger partial charge >= 0.3 is 6.18 Å². The number of guanidine groups is 1. The standard InChI is InChI=1S/C19H28F3N3O2S/c1-3-28(26)17-6-4-5-15(11-17)25-18(23-2)24-12-14-7-9-16(10-8-14)27-13-19(20,21)22/h7-10,15,17H,3-6,11-13H2,1-2H3,(H2,23,24,25). The molecule has 0 amide bonds. The van der Waals surface area contributed by atoms with E-state index in [1.165, 1.54) is 12.1 Å². The predicted octanol–water partition coefficient (Wildman–Crippen LogP) is 3.37. The molecule has 5 nitrogen and oxygen atoms in total. The van der Waals surface area contributed by atoms with Gasteiger partial charge < -0.3 is 15.4 Å². The number of benzene rings is 1. The van der Waals surface area contributed by atoms with Gasteiger partial charge in [-0.15, -0.1) is 0 Å². The zero-order valence-corrected chi connectivity index (χ0v) is 17.0. The van der Waals surface area contributed by atoms with E-state index < -0.39 is 23.6 Å². The molecule has 3 atom stereocenters. The third-order valence-electron chi connectivity index (χ3n) is 4.63. The number of alkyl halides is 3. The Kier molecular flexibility index (Phi) is 8.59. The van der Waals surface area contributed by atoms with Gasteiger partial charge in [-0.2, -0.15) is 13.2 Å². The number of rotatable bonds is 7. The van der Waals surface area contributed by atoms with Crippen LogP contribution in [0.4, 0.5) is 13.2 Å².